The number of nitrogens with one attached hydrogen (secondary N) is 1. The van der Waals surface area contributed by atoms with Crippen LogP contribution in [0.4, 0.5) is 5.69 Å². The molecule has 16 heavy (non-hydrogen) atoms. The quantitative estimate of drug-likeness (QED) is 0.735. The molecule has 0 radical (unpaired) electrons. The Kier molecular flexibility index (Phi) is 2.04. The average Bonchev–Trinajstić information content (AvgIpc) is 2.28. The van der Waals surface area contributed by atoms with Crippen molar-refractivity contribution >= 4 is 17.9 Å². The van der Waals surface area contributed by atoms with Gasteiger partial charge < -0.3 is 10.2 Å². The van der Waals surface area contributed by atoms with E-state index in [1.54, 1.807) is 17.0 Å². The van der Waals surface area contributed by atoms with Crippen LogP contribution in [0.25, 0.3) is 0 Å². The van der Waals surface area contributed by atoms with Crippen molar-refractivity contribution in [2.75, 3.05) is 11.4 Å². The molecule has 3 saturated heterocycles. The number of carbonyl (C=O) groups is 2. The number of amides is 1. The maximum absolute atomic E-state index is 12.0. The van der Waals surface area contributed by atoms with Gasteiger partial charge in [0.05, 0.1) is 11.7 Å². The summed E-state index contributed by atoms with van der Waals surface area (Å²) < 4.78 is 0. The fourth-order valence-corrected chi connectivity index (χ4v) is 2.39. The first-order valence-electron chi connectivity index (χ1n) is 5.41. The van der Waals surface area contributed by atoms with Crippen LogP contribution in [0.2, 0.25) is 0 Å². The molecule has 1 aromatic rings. The van der Waals surface area contributed by atoms with Gasteiger partial charge in [0.1, 0.15) is 0 Å². The summed E-state index contributed by atoms with van der Waals surface area (Å²) in [6.07, 6.45) is 1.73. The molecule has 82 valence electrons. The summed E-state index contributed by atoms with van der Waals surface area (Å²) in [5.41, 5.74) is 1.32. The minimum absolute atomic E-state index is 0.0431. The summed E-state index contributed by atoms with van der Waals surface area (Å²) in [6, 6.07) is 7.57. The second kappa shape index (κ2) is 3.42. The molecule has 2 unspecified atom stereocenters. The van der Waals surface area contributed by atoms with Gasteiger partial charge in [-0.25, -0.2) is 0 Å². The van der Waals surface area contributed by atoms with Crippen molar-refractivity contribution in [3.05, 3.63) is 29.8 Å². The minimum Gasteiger partial charge on any atom is -0.309 e. The lowest BCUT2D eigenvalue weighted by atomic mass is 9.90. The van der Waals surface area contributed by atoms with Gasteiger partial charge in [0.15, 0.2) is 6.29 Å². The summed E-state index contributed by atoms with van der Waals surface area (Å²) in [5, 5.41) is 3.19. The highest BCUT2D eigenvalue weighted by atomic mass is 16.2. The average molecular weight is 216 g/mol. The third kappa shape index (κ3) is 1.27. The molecule has 4 nitrogen and oxygen atoms in total. The van der Waals surface area contributed by atoms with Crippen LogP contribution >= 0.6 is 0 Å². The summed E-state index contributed by atoms with van der Waals surface area (Å²) in [6.45, 7) is 0.667. The van der Waals surface area contributed by atoms with Crippen LogP contribution in [0, 0.1) is 0 Å². The van der Waals surface area contributed by atoms with Crippen molar-refractivity contribution in [3.63, 3.8) is 0 Å². The van der Waals surface area contributed by atoms with Gasteiger partial charge >= 0.3 is 0 Å². The number of anilines is 1. The third-order valence-electron chi connectivity index (χ3n) is 3.28. The highest BCUT2D eigenvalue weighted by Gasteiger charge is 2.43. The molecule has 4 rings (SSSR count). The molecule has 0 aliphatic carbocycles. The number of carbonyl (C=O) groups excluding carboxylic acids is 2. The van der Waals surface area contributed by atoms with Gasteiger partial charge in [0, 0.05) is 18.2 Å². The minimum atomic E-state index is -0.0431. The van der Waals surface area contributed by atoms with Gasteiger partial charge in [-0.1, -0.05) is 12.1 Å². The van der Waals surface area contributed by atoms with E-state index in [2.05, 4.69) is 5.32 Å². The zero-order valence-electron chi connectivity index (χ0n) is 8.72. The molecule has 3 fully saturated rings. The molecule has 0 spiro atoms. The standard InChI is InChI=1S/C12H12N2O2/c15-7-8-3-1-2-4-11(8)14-6-9-5-10(13-9)12(14)16/h1-4,7,9-10,13H,5-6H2. The van der Waals surface area contributed by atoms with Crippen molar-refractivity contribution in [2.45, 2.75) is 18.5 Å². The number of hydrogen-bond donors (Lipinski definition) is 1. The van der Waals surface area contributed by atoms with E-state index in [9.17, 15) is 9.59 Å². The topological polar surface area (TPSA) is 49.4 Å². The van der Waals surface area contributed by atoms with Crippen LogP contribution in [0.1, 0.15) is 16.8 Å². The Hall–Kier alpha value is -1.68. The molecule has 1 amide bonds. The highest BCUT2D eigenvalue weighted by Crippen LogP contribution is 2.28. The van der Waals surface area contributed by atoms with E-state index < -0.39 is 0 Å². The number of piperidine rings is 1. The summed E-state index contributed by atoms with van der Waals surface area (Å²) in [5.74, 6) is 0.0804. The largest absolute Gasteiger partial charge is 0.309 e. The molecular formula is C12H12N2O2. The monoisotopic (exact) mass is 216 g/mol. The lowest BCUT2D eigenvalue weighted by molar-refractivity contribution is -0.125. The van der Waals surface area contributed by atoms with Gasteiger partial charge in [0.2, 0.25) is 5.91 Å². The van der Waals surface area contributed by atoms with Crippen molar-refractivity contribution in [1.82, 2.24) is 5.32 Å². The van der Waals surface area contributed by atoms with Crippen LogP contribution in [0.3, 0.4) is 0 Å². The van der Waals surface area contributed by atoms with E-state index in [0.717, 1.165) is 18.4 Å². The molecule has 2 atom stereocenters. The van der Waals surface area contributed by atoms with E-state index in [4.69, 9.17) is 0 Å². The smallest absolute Gasteiger partial charge is 0.244 e. The van der Waals surface area contributed by atoms with E-state index in [1.165, 1.54) is 0 Å². The van der Waals surface area contributed by atoms with Gasteiger partial charge in [-0.05, 0) is 18.6 Å². The number of rotatable bonds is 2. The number of nitrogens with zero attached hydrogens (tertiary/aromatic N) is 1. The Labute approximate surface area is 93.2 Å². The molecule has 3 heterocycles. The summed E-state index contributed by atoms with van der Waals surface area (Å²) in [4.78, 5) is 24.6. The number of fused-ring (bicyclic) bond motifs is 2. The first-order valence-corrected chi connectivity index (χ1v) is 5.41. The molecule has 3 aliphatic heterocycles. The van der Waals surface area contributed by atoms with E-state index in [1.807, 2.05) is 12.1 Å². The Morgan fingerprint density at radius 3 is 2.81 bits per heavy atom. The second-order valence-corrected chi connectivity index (χ2v) is 4.28. The number of benzene rings is 1. The zero-order chi connectivity index (χ0) is 11.1. The Balaban J connectivity index is 1.97. The molecule has 1 N–H and O–H groups in total. The van der Waals surface area contributed by atoms with E-state index in [0.29, 0.717) is 18.2 Å². The van der Waals surface area contributed by atoms with E-state index >= 15 is 0 Å². The number of aldehydes is 1. The SMILES string of the molecule is O=Cc1ccccc1N1CC2CC(N2)C1=O. The van der Waals surface area contributed by atoms with Crippen molar-refractivity contribution in [1.29, 1.82) is 0 Å². The summed E-state index contributed by atoms with van der Waals surface area (Å²) in [7, 11) is 0. The molecular weight excluding hydrogens is 204 g/mol. The van der Waals surface area contributed by atoms with Crippen LogP contribution in [-0.4, -0.2) is 30.8 Å². The fraction of sp³-hybridized carbons (Fsp3) is 0.333. The Bertz CT molecular complexity index is 452. The maximum atomic E-state index is 12.0. The van der Waals surface area contributed by atoms with Crippen molar-refractivity contribution < 1.29 is 9.59 Å². The molecule has 0 saturated carbocycles. The van der Waals surface area contributed by atoms with Crippen molar-refractivity contribution in [3.8, 4) is 0 Å². The highest BCUT2D eigenvalue weighted by molar-refractivity contribution is 6.02. The lowest BCUT2D eigenvalue weighted by Crippen LogP contribution is -2.70. The second-order valence-electron chi connectivity index (χ2n) is 4.28. The molecule has 2 bridgehead atoms. The zero-order valence-corrected chi connectivity index (χ0v) is 8.72. The third-order valence-corrected chi connectivity index (χ3v) is 3.28. The van der Waals surface area contributed by atoms with E-state index in [-0.39, 0.29) is 11.9 Å². The van der Waals surface area contributed by atoms with Gasteiger partial charge in [0.25, 0.3) is 0 Å². The van der Waals surface area contributed by atoms with Crippen molar-refractivity contribution in [2.24, 2.45) is 0 Å². The van der Waals surface area contributed by atoms with Crippen LogP contribution in [0.5, 0.6) is 0 Å². The fourth-order valence-electron chi connectivity index (χ4n) is 2.39. The lowest BCUT2D eigenvalue weighted by Gasteiger charge is -2.47. The number of para-hydroxylation sites is 1. The van der Waals surface area contributed by atoms with Crippen LogP contribution in [0.15, 0.2) is 24.3 Å². The number of piperazine rings is 1. The molecule has 1 aromatic carbocycles. The normalized spacial score (nSPS) is 27.5. The van der Waals surface area contributed by atoms with Gasteiger partial charge in [-0.3, -0.25) is 9.59 Å². The Morgan fingerprint density at radius 2 is 2.12 bits per heavy atom. The van der Waals surface area contributed by atoms with Gasteiger partial charge in [-0.2, -0.15) is 0 Å². The molecule has 3 aliphatic rings. The first kappa shape index (κ1) is 9.54. The maximum Gasteiger partial charge on any atom is 0.244 e. The van der Waals surface area contributed by atoms with Gasteiger partial charge in [-0.15, -0.1) is 0 Å². The molecule has 4 heteroatoms. The van der Waals surface area contributed by atoms with Crippen LogP contribution in [-0.2, 0) is 4.79 Å². The predicted molar refractivity (Wildman–Crippen MR) is 59.5 cm³/mol. The van der Waals surface area contributed by atoms with Crippen LogP contribution < -0.4 is 10.2 Å². The molecule has 0 aromatic heterocycles. The predicted octanol–water partition coefficient (Wildman–Crippen LogP) is 0.576. The first-order chi connectivity index (χ1) is 7.79. The number of hydrogen-bond acceptors (Lipinski definition) is 3. The summed E-state index contributed by atoms with van der Waals surface area (Å²) >= 11 is 0. The Morgan fingerprint density at radius 1 is 1.38 bits per heavy atom.